The van der Waals surface area contributed by atoms with Crippen molar-refractivity contribution in [3.8, 4) is 5.75 Å². The van der Waals surface area contributed by atoms with Crippen LogP contribution in [0.1, 0.15) is 16.7 Å². The third-order valence-electron chi connectivity index (χ3n) is 3.85. The van der Waals surface area contributed by atoms with E-state index in [4.69, 9.17) is 9.47 Å². The van der Waals surface area contributed by atoms with Gasteiger partial charge in [-0.2, -0.15) is 13.2 Å². The van der Waals surface area contributed by atoms with Crippen LogP contribution in [-0.2, 0) is 24.0 Å². The number of alkyl halides is 3. The minimum atomic E-state index is -4.35. The van der Waals surface area contributed by atoms with E-state index in [-0.39, 0.29) is 30.5 Å². The predicted molar refractivity (Wildman–Crippen MR) is 118 cm³/mol. The van der Waals surface area contributed by atoms with Gasteiger partial charge in [-0.05, 0) is 35.4 Å². The van der Waals surface area contributed by atoms with Crippen LogP contribution in [0.15, 0.2) is 53.5 Å². The summed E-state index contributed by atoms with van der Waals surface area (Å²) in [6, 6.07) is 12.8. The number of hydrogen-bond acceptors (Lipinski definition) is 3. The maximum atomic E-state index is 12.8. The van der Waals surface area contributed by atoms with Crippen LogP contribution >= 0.6 is 24.0 Å². The van der Waals surface area contributed by atoms with Gasteiger partial charge in [0.05, 0.1) is 12.2 Å². The molecule has 0 aliphatic rings. The predicted octanol–water partition coefficient (Wildman–Crippen LogP) is 4.21. The number of benzene rings is 2. The summed E-state index contributed by atoms with van der Waals surface area (Å²) in [5.41, 5.74) is 0.836. The van der Waals surface area contributed by atoms with Gasteiger partial charge in [-0.1, -0.05) is 24.3 Å². The first-order valence-electron chi connectivity index (χ1n) is 8.73. The van der Waals surface area contributed by atoms with E-state index in [2.05, 4.69) is 15.6 Å². The summed E-state index contributed by atoms with van der Waals surface area (Å²) in [6.07, 6.45) is -4.35. The quantitative estimate of drug-likeness (QED) is 0.236. The first-order valence-corrected chi connectivity index (χ1v) is 8.73. The fourth-order valence-electron chi connectivity index (χ4n) is 2.44. The smallest absolute Gasteiger partial charge is 0.416 e. The second-order valence-corrected chi connectivity index (χ2v) is 5.97. The van der Waals surface area contributed by atoms with Crippen molar-refractivity contribution in [2.45, 2.75) is 19.3 Å². The number of nitrogens with zero attached hydrogens (tertiary/aromatic N) is 1. The number of hydrogen-bond donors (Lipinski definition) is 2. The Bertz CT molecular complexity index is 786. The molecule has 160 valence electrons. The molecule has 0 aliphatic carbocycles. The highest BCUT2D eigenvalue weighted by Crippen LogP contribution is 2.29. The molecule has 2 aromatic carbocycles. The van der Waals surface area contributed by atoms with Gasteiger partial charge in [0.1, 0.15) is 12.4 Å². The van der Waals surface area contributed by atoms with Crippen molar-refractivity contribution in [3.05, 3.63) is 65.2 Å². The second kappa shape index (κ2) is 12.5. The Morgan fingerprint density at radius 1 is 0.966 bits per heavy atom. The van der Waals surface area contributed by atoms with E-state index < -0.39 is 11.7 Å². The SMILES string of the molecule is CN=C(NCc1cccc(OCCOC)c1)NCc1cccc(C(F)(F)F)c1.I. The Balaban J connectivity index is 0.00000420. The zero-order valence-electron chi connectivity index (χ0n) is 16.3. The Morgan fingerprint density at radius 2 is 1.59 bits per heavy atom. The van der Waals surface area contributed by atoms with E-state index in [1.165, 1.54) is 6.07 Å². The van der Waals surface area contributed by atoms with Gasteiger partial charge < -0.3 is 20.1 Å². The van der Waals surface area contributed by atoms with Crippen LogP contribution in [0.5, 0.6) is 5.75 Å². The van der Waals surface area contributed by atoms with Crippen LogP contribution in [0.3, 0.4) is 0 Å². The topological polar surface area (TPSA) is 54.9 Å². The lowest BCUT2D eigenvalue weighted by Gasteiger charge is -2.14. The van der Waals surface area contributed by atoms with Crippen molar-refractivity contribution in [1.82, 2.24) is 10.6 Å². The molecule has 0 heterocycles. The van der Waals surface area contributed by atoms with Crippen molar-refractivity contribution in [1.29, 1.82) is 0 Å². The molecule has 0 aromatic heterocycles. The summed E-state index contributed by atoms with van der Waals surface area (Å²) in [6.45, 7) is 1.69. The molecule has 0 unspecified atom stereocenters. The molecule has 0 saturated heterocycles. The van der Waals surface area contributed by atoms with Gasteiger partial charge in [-0.3, -0.25) is 4.99 Å². The van der Waals surface area contributed by atoms with Crippen molar-refractivity contribution in [2.75, 3.05) is 27.4 Å². The maximum absolute atomic E-state index is 12.8. The van der Waals surface area contributed by atoms with Crippen LogP contribution in [0.25, 0.3) is 0 Å². The molecule has 0 amide bonds. The zero-order chi connectivity index (χ0) is 20.4. The van der Waals surface area contributed by atoms with E-state index in [1.54, 1.807) is 20.2 Å². The Labute approximate surface area is 185 Å². The maximum Gasteiger partial charge on any atom is 0.416 e. The molecule has 0 atom stereocenters. The third kappa shape index (κ3) is 8.90. The Morgan fingerprint density at radius 3 is 2.17 bits per heavy atom. The summed E-state index contributed by atoms with van der Waals surface area (Å²) in [4.78, 5) is 4.10. The summed E-state index contributed by atoms with van der Waals surface area (Å²) in [5, 5.41) is 6.15. The molecule has 5 nitrogen and oxygen atoms in total. The number of ether oxygens (including phenoxy) is 2. The Kier molecular flexibility index (Phi) is 10.8. The molecular formula is C20H25F3IN3O2. The van der Waals surface area contributed by atoms with E-state index in [9.17, 15) is 13.2 Å². The summed E-state index contributed by atoms with van der Waals surface area (Å²) < 4.78 is 48.9. The van der Waals surface area contributed by atoms with Gasteiger partial charge in [0, 0.05) is 27.2 Å². The van der Waals surface area contributed by atoms with Gasteiger partial charge in [-0.15, -0.1) is 24.0 Å². The average Bonchev–Trinajstić information content (AvgIpc) is 2.68. The first kappa shape index (κ1) is 25.0. The van der Waals surface area contributed by atoms with Crippen LogP contribution in [0.4, 0.5) is 13.2 Å². The standard InChI is InChI=1S/C20H24F3N3O2.HI/c1-24-19(25-13-15-5-3-7-17(11-15)20(21,22)23)26-14-16-6-4-8-18(12-16)28-10-9-27-2;/h3-8,11-12H,9-10,13-14H2,1-2H3,(H2,24,25,26);1H. The van der Waals surface area contributed by atoms with Gasteiger partial charge in [0.15, 0.2) is 5.96 Å². The summed E-state index contributed by atoms with van der Waals surface area (Å²) in [7, 11) is 3.22. The minimum Gasteiger partial charge on any atom is -0.491 e. The van der Waals surface area contributed by atoms with E-state index in [0.29, 0.717) is 31.3 Å². The molecule has 0 bridgehead atoms. The van der Waals surface area contributed by atoms with Crippen LogP contribution in [-0.4, -0.2) is 33.3 Å². The molecule has 0 radical (unpaired) electrons. The first-order chi connectivity index (χ1) is 13.4. The number of guanidine groups is 1. The number of aliphatic imine (C=N–C) groups is 1. The lowest BCUT2D eigenvalue weighted by atomic mass is 10.1. The molecule has 0 spiro atoms. The largest absolute Gasteiger partial charge is 0.491 e. The number of nitrogens with one attached hydrogen (secondary N) is 2. The van der Waals surface area contributed by atoms with Gasteiger partial charge in [0.2, 0.25) is 0 Å². The third-order valence-corrected chi connectivity index (χ3v) is 3.85. The van der Waals surface area contributed by atoms with Gasteiger partial charge in [-0.25, -0.2) is 0 Å². The fraction of sp³-hybridized carbons (Fsp3) is 0.350. The molecule has 29 heavy (non-hydrogen) atoms. The summed E-state index contributed by atoms with van der Waals surface area (Å²) >= 11 is 0. The fourth-order valence-corrected chi connectivity index (χ4v) is 2.44. The molecule has 0 aliphatic heterocycles. The lowest BCUT2D eigenvalue weighted by molar-refractivity contribution is -0.137. The van der Waals surface area contributed by atoms with Crippen molar-refractivity contribution in [2.24, 2.45) is 4.99 Å². The minimum absolute atomic E-state index is 0. The van der Waals surface area contributed by atoms with Crippen molar-refractivity contribution >= 4 is 29.9 Å². The van der Waals surface area contributed by atoms with Gasteiger partial charge >= 0.3 is 6.18 Å². The normalized spacial score (nSPS) is 11.6. The molecule has 2 rings (SSSR count). The number of halogens is 4. The molecule has 2 aromatic rings. The Hall–Kier alpha value is -2.01. The van der Waals surface area contributed by atoms with Crippen LogP contribution < -0.4 is 15.4 Å². The highest BCUT2D eigenvalue weighted by Gasteiger charge is 2.30. The van der Waals surface area contributed by atoms with Crippen molar-refractivity contribution < 1.29 is 22.6 Å². The van der Waals surface area contributed by atoms with Crippen molar-refractivity contribution in [3.63, 3.8) is 0 Å². The van der Waals surface area contributed by atoms with E-state index in [1.807, 2.05) is 24.3 Å². The molecular weight excluding hydrogens is 498 g/mol. The highest BCUT2D eigenvalue weighted by molar-refractivity contribution is 14.0. The number of rotatable bonds is 8. The molecule has 9 heteroatoms. The van der Waals surface area contributed by atoms with E-state index in [0.717, 1.165) is 23.4 Å². The monoisotopic (exact) mass is 523 g/mol. The molecule has 0 fully saturated rings. The van der Waals surface area contributed by atoms with Crippen LogP contribution in [0, 0.1) is 0 Å². The molecule has 2 N–H and O–H groups in total. The lowest BCUT2D eigenvalue weighted by Crippen LogP contribution is -2.36. The number of methoxy groups -OCH3 is 1. The molecule has 0 saturated carbocycles. The van der Waals surface area contributed by atoms with Crippen LogP contribution in [0.2, 0.25) is 0 Å². The highest BCUT2D eigenvalue weighted by atomic mass is 127. The van der Waals surface area contributed by atoms with E-state index >= 15 is 0 Å². The van der Waals surface area contributed by atoms with Gasteiger partial charge in [0.25, 0.3) is 0 Å². The second-order valence-electron chi connectivity index (χ2n) is 5.97. The average molecular weight is 523 g/mol. The zero-order valence-corrected chi connectivity index (χ0v) is 18.6. The summed E-state index contributed by atoms with van der Waals surface area (Å²) in [5.74, 6) is 1.23.